The summed E-state index contributed by atoms with van der Waals surface area (Å²) in [5.74, 6) is -0.376. The summed E-state index contributed by atoms with van der Waals surface area (Å²) in [7, 11) is 0. The maximum atomic E-state index is 12.3. The predicted molar refractivity (Wildman–Crippen MR) is 77.4 cm³/mol. The van der Waals surface area contributed by atoms with Crippen molar-refractivity contribution >= 4 is 22.5 Å². The number of carbonyl (C=O) groups excluding carboxylic acids is 1. The van der Waals surface area contributed by atoms with E-state index in [1.165, 1.54) is 6.33 Å². The molecule has 2 aromatic heterocycles. The smallest absolute Gasteiger partial charge is 0.231 e. The molecular weight excluding hydrogens is 252 g/mol. The number of rotatable bonds is 3. The first kappa shape index (κ1) is 12.3. The van der Waals surface area contributed by atoms with Gasteiger partial charge >= 0.3 is 0 Å². The highest BCUT2D eigenvalue weighted by molar-refractivity contribution is 6.03. The van der Waals surface area contributed by atoms with Crippen LogP contribution in [0.2, 0.25) is 0 Å². The fraction of sp³-hybridized carbons (Fsp3) is 0.133. The van der Waals surface area contributed by atoms with E-state index in [9.17, 15) is 4.79 Å². The first-order valence-corrected chi connectivity index (χ1v) is 6.37. The number of hydrogen-bond acceptors (Lipinski definition) is 3. The third kappa shape index (κ3) is 2.25. The predicted octanol–water partition coefficient (Wildman–Crippen LogP) is 2.70. The van der Waals surface area contributed by atoms with Gasteiger partial charge in [0.2, 0.25) is 5.91 Å². The molecule has 0 aliphatic heterocycles. The maximum Gasteiger partial charge on any atom is 0.231 e. The van der Waals surface area contributed by atoms with E-state index in [0.29, 0.717) is 0 Å². The summed E-state index contributed by atoms with van der Waals surface area (Å²) in [5.41, 5.74) is 2.60. The van der Waals surface area contributed by atoms with Gasteiger partial charge in [0.05, 0.1) is 11.6 Å². The third-order valence-corrected chi connectivity index (χ3v) is 3.33. The Bertz CT molecular complexity index is 736. The van der Waals surface area contributed by atoms with Crippen LogP contribution in [0.5, 0.6) is 0 Å². The fourth-order valence-corrected chi connectivity index (χ4v) is 2.12. The molecule has 5 heteroatoms. The number of carbonyl (C=O) groups is 1. The number of anilines is 1. The van der Waals surface area contributed by atoms with E-state index in [4.69, 9.17) is 0 Å². The monoisotopic (exact) mass is 266 g/mol. The average molecular weight is 266 g/mol. The molecule has 1 aromatic carbocycles. The van der Waals surface area contributed by atoms with Crippen LogP contribution in [0.25, 0.3) is 10.9 Å². The lowest BCUT2D eigenvalue weighted by Crippen LogP contribution is -2.19. The zero-order valence-electron chi connectivity index (χ0n) is 11.0. The van der Waals surface area contributed by atoms with E-state index in [2.05, 4.69) is 20.3 Å². The molecule has 2 heterocycles. The lowest BCUT2D eigenvalue weighted by Gasteiger charge is -2.12. The van der Waals surface area contributed by atoms with Gasteiger partial charge in [-0.3, -0.25) is 4.79 Å². The van der Waals surface area contributed by atoms with Gasteiger partial charge in [0.15, 0.2) is 0 Å². The van der Waals surface area contributed by atoms with Gasteiger partial charge in [-0.15, -0.1) is 0 Å². The molecule has 0 radical (unpaired) electrons. The highest BCUT2D eigenvalue weighted by Crippen LogP contribution is 2.24. The van der Waals surface area contributed by atoms with Crippen molar-refractivity contribution in [3.8, 4) is 0 Å². The number of H-pyrrole nitrogens is 1. The molecule has 1 amide bonds. The van der Waals surface area contributed by atoms with Crippen LogP contribution in [0.4, 0.5) is 5.69 Å². The highest BCUT2D eigenvalue weighted by Gasteiger charge is 2.16. The molecule has 20 heavy (non-hydrogen) atoms. The lowest BCUT2D eigenvalue weighted by molar-refractivity contribution is -0.117. The minimum Gasteiger partial charge on any atom is -0.361 e. The normalized spacial score (nSPS) is 12.2. The largest absolute Gasteiger partial charge is 0.361 e. The van der Waals surface area contributed by atoms with Crippen molar-refractivity contribution in [2.24, 2.45) is 0 Å². The van der Waals surface area contributed by atoms with Crippen LogP contribution in [-0.2, 0) is 4.79 Å². The molecule has 0 bridgehead atoms. The number of fused-ring (bicyclic) bond motifs is 1. The highest BCUT2D eigenvalue weighted by atomic mass is 16.1. The van der Waals surface area contributed by atoms with E-state index in [-0.39, 0.29) is 11.8 Å². The first-order chi connectivity index (χ1) is 9.75. The molecule has 0 saturated carbocycles. The second kappa shape index (κ2) is 5.13. The standard InChI is InChI=1S/C15H14N4O/c1-10(11-7-16-9-17-8-11)15(20)19-14-4-2-3-13-12(14)5-6-18-13/h2-10,18H,1H3,(H,19,20)/t10-/m1/s1. The van der Waals surface area contributed by atoms with E-state index >= 15 is 0 Å². The Morgan fingerprint density at radius 3 is 2.85 bits per heavy atom. The van der Waals surface area contributed by atoms with Crippen molar-refractivity contribution in [2.45, 2.75) is 12.8 Å². The quantitative estimate of drug-likeness (QED) is 0.765. The third-order valence-electron chi connectivity index (χ3n) is 3.33. The number of hydrogen-bond donors (Lipinski definition) is 2. The summed E-state index contributed by atoms with van der Waals surface area (Å²) in [6, 6.07) is 7.72. The van der Waals surface area contributed by atoms with Crippen LogP contribution in [0, 0.1) is 0 Å². The van der Waals surface area contributed by atoms with Gasteiger partial charge in [-0.05, 0) is 25.1 Å². The molecule has 0 fully saturated rings. The number of amides is 1. The van der Waals surface area contributed by atoms with Gasteiger partial charge in [-0.1, -0.05) is 6.07 Å². The molecular formula is C15H14N4O. The van der Waals surface area contributed by atoms with Gasteiger partial charge < -0.3 is 10.3 Å². The fourth-order valence-electron chi connectivity index (χ4n) is 2.12. The molecule has 0 spiro atoms. The molecule has 2 N–H and O–H groups in total. The summed E-state index contributed by atoms with van der Waals surface area (Å²) in [6.45, 7) is 1.84. The summed E-state index contributed by atoms with van der Waals surface area (Å²) >= 11 is 0. The van der Waals surface area contributed by atoms with Crippen LogP contribution < -0.4 is 5.32 Å². The second-order valence-electron chi connectivity index (χ2n) is 4.63. The van der Waals surface area contributed by atoms with E-state index < -0.39 is 0 Å². The van der Waals surface area contributed by atoms with Crippen molar-refractivity contribution in [2.75, 3.05) is 5.32 Å². The van der Waals surface area contributed by atoms with Crippen LogP contribution >= 0.6 is 0 Å². The van der Waals surface area contributed by atoms with E-state index in [1.54, 1.807) is 12.4 Å². The minimum absolute atomic E-state index is 0.0755. The Morgan fingerprint density at radius 1 is 1.25 bits per heavy atom. The molecule has 1 atom stereocenters. The second-order valence-corrected chi connectivity index (χ2v) is 4.63. The molecule has 0 saturated heterocycles. The lowest BCUT2D eigenvalue weighted by atomic mass is 10.0. The Morgan fingerprint density at radius 2 is 2.05 bits per heavy atom. The minimum atomic E-state index is -0.301. The number of nitrogens with one attached hydrogen (secondary N) is 2. The molecule has 5 nitrogen and oxygen atoms in total. The maximum absolute atomic E-state index is 12.3. The molecule has 3 aromatic rings. The summed E-state index contributed by atoms with van der Waals surface area (Å²) < 4.78 is 0. The average Bonchev–Trinajstić information content (AvgIpc) is 2.97. The summed E-state index contributed by atoms with van der Waals surface area (Å²) in [6.07, 6.45) is 6.63. The van der Waals surface area contributed by atoms with Gasteiger partial charge in [0.25, 0.3) is 0 Å². The Labute approximate surface area is 116 Å². The molecule has 3 rings (SSSR count). The van der Waals surface area contributed by atoms with Crippen molar-refractivity contribution in [3.63, 3.8) is 0 Å². The molecule has 0 unspecified atom stereocenters. The summed E-state index contributed by atoms with van der Waals surface area (Å²) in [5, 5.41) is 3.95. The molecule has 100 valence electrons. The van der Waals surface area contributed by atoms with Gasteiger partial charge in [-0.2, -0.15) is 0 Å². The van der Waals surface area contributed by atoms with E-state index in [0.717, 1.165) is 22.2 Å². The van der Waals surface area contributed by atoms with Crippen molar-refractivity contribution in [3.05, 3.63) is 54.7 Å². The van der Waals surface area contributed by atoms with Crippen LogP contribution in [-0.4, -0.2) is 20.9 Å². The van der Waals surface area contributed by atoms with Gasteiger partial charge in [0.1, 0.15) is 6.33 Å². The number of nitrogens with zero attached hydrogens (tertiary/aromatic N) is 2. The number of aromatic nitrogens is 3. The van der Waals surface area contributed by atoms with E-state index in [1.807, 2.05) is 37.4 Å². The number of benzene rings is 1. The van der Waals surface area contributed by atoms with Crippen LogP contribution in [0.1, 0.15) is 18.4 Å². The number of aromatic amines is 1. The Balaban J connectivity index is 1.84. The summed E-state index contributed by atoms with van der Waals surface area (Å²) in [4.78, 5) is 23.3. The van der Waals surface area contributed by atoms with Crippen molar-refractivity contribution in [1.29, 1.82) is 0 Å². The van der Waals surface area contributed by atoms with Crippen LogP contribution in [0.15, 0.2) is 49.2 Å². The molecule has 0 aliphatic carbocycles. The SMILES string of the molecule is C[C@@H](C(=O)Nc1cccc2[nH]ccc12)c1cncnc1. The Kier molecular flexibility index (Phi) is 3.16. The van der Waals surface area contributed by atoms with Gasteiger partial charge in [0, 0.05) is 35.1 Å². The van der Waals surface area contributed by atoms with Crippen molar-refractivity contribution < 1.29 is 4.79 Å². The molecule has 0 aliphatic rings. The van der Waals surface area contributed by atoms with Gasteiger partial charge in [-0.25, -0.2) is 9.97 Å². The topological polar surface area (TPSA) is 70.7 Å². The Hall–Kier alpha value is -2.69. The zero-order valence-corrected chi connectivity index (χ0v) is 11.0. The van der Waals surface area contributed by atoms with Crippen LogP contribution in [0.3, 0.4) is 0 Å². The first-order valence-electron chi connectivity index (χ1n) is 6.37. The van der Waals surface area contributed by atoms with Crippen molar-refractivity contribution in [1.82, 2.24) is 15.0 Å². The zero-order chi connectivity index (χ0) is 13.9.